The number of anilines is 1. The van der Waals surface area contributed by atoms with Crippen LogP contribution < -0.4 is 4.72 Å². The topological polar surface area (TPSA) is 76.1 Å². The van der Waals surface area contributed by atoms with E-state index >= 15 is 0 Å². The first-order valence-electron chi connectivity index (χ1n) is 8.81. The maximum atomic E-state index is 12.5. The van der Waals surface area contributed by atoms with E-state index in [1.165, 1.54) is 18.2 Å². The average molecular weight is 449 g/mol. The zero-order valence-corrected chi connectivity index (χ0v) is 17.6. The fourth-order valence-electron chi connectivity index (χ4n) is 2.74. The Bertz CT molecular complexity index is 1100. The van der Waals surface area contributed by atoms with Gasteiger partial charge in [0, 0.05) is 35.9 Å². The second-order valence-electron chi connectivity index (χ2n) is 6.45. The second-order valence-corrected chi connectivity index (χ2v) is 8.95. The number of halogens is 2. The lowest BCUT2D eigenvalue weighted by molar-refractivity contribution is -0.118. The second kappa shape index (κ2) is 9.39. The van der Waals surface area contributed by atoms with Gasteiger partial charge in [-0.1, -0.05) is 41.4 Å². The van der Waals surface area contributed by atoms with Crippen molar-refractivity contribution in [1.82, 2.24) is 4.98 Å². The Morgan fingerprint density at radius 3 is 2.41 bits per heavy atom. The number of hydrogen-bond donors (Lipinski definition) is 1. The van der Waals surface area contributed by atoms with Gasteiger partial charge in [0.1, 0.15) is 10.7 Å². The van der Waals surface area contributed by atoms with E-state index in [-0.39, 0.29) is 22.1 Å². The number of aromatic nitrogens is 1. The first-order valence-corrected chi connectivity index (χ1v) is 11.0. The number of pyridine rings is 1. The molecule has 0 aliphatic carbocycles. The maximum Gasteiger partial charge on any atom is 0.263 e. The van der Waals surface area contributed by atoms with Crippen LogP contribution in [0.4, 0.5) is 5.69 Å². The molecule has 0 saturated heterocycles. The van der Waals surface area contributed by atoms with Gasteiger partial charge in [0.2, 0.25) is 0 Å². The zero-order chi connectivity index (χ0) is 20.9. The molecule has 0 saturated carbocycles. The highest BCUT2D eigenvalue weighted by molar-refractivity contribution is 7.92. The number of carbonyl (C=O) groups is 1. The van der Waals surface area contributed by atoms with Crippen LogP contribution in [0.5, 0.6) is 0 Å². The molecule has 3 aromatic rings. The number of ketones is 1. The molecule has 5 nitrogen and oxygen atoms in total. The highest BCUT2D eigenvalue weighted by Crippen LogP contribution is 2.26. The lowest BCUT2D eigenvalue weighted by Crippen LogP contribution is -2.13. The van der Waals surface area contributed by atoms with Gasteiger partial charge in [0.15, 0.2) is 0 Å². The molecule has 0 atom stereocenters. The molecule has 29 heavy (non-hydrogen) atoms. The summed E-state index contributed by atoms with van der Waals surface area (Å²) in [4.78, 5) is 16.2. The molecular weight excluding hydrogens is 431 g/mol. The molecule has 0 spiro atoms. The van der Waals surface area contributed by atoms with E-state index in [1.54, 1.807) is 36.7 Å². The van der Waals surface area contributed by atoms with Crippen molar-refractivity contribution in [2.75, 3.05) is 4.72 Å². The molecule has 1 N–H and O–H groups in total. The van der Waals surface area contributed by atoms with Gasteiger partial charge in [0.05, 0.1) is 5.02 Å². The molecule has 3 rings (SSSR count). The summed E-state index contributed by atoms with van der Waals surface area (Å²) in [6, 6.07) is 14.6. The third kappa shape index (κ3) is 6.03. The first kappa shape index (κ1) is 21.3. The third-order valence-electron chi connectivity index (χ3n) is 4.21. The molecule has 150 valence electrons. The van der Waals surface area contributed by atoms with Crippen LogP contribution in [0.15, 0.2) is 71.9 Å². The fraction of sp³-hybridized carbons (Fsp3) is 0.143. The summed E-state index contributed by atoms with van der Waals surface area (Å²) in [5.74, 6) is 0.107. The van der Waals surface area contributed by atoms with Crippen LogP contribution in [0, 0.1) is 0 Å². The predicted octanol–water partition coefficient (Wildman–Crippen LogP) is 4.93. The van der Waals surface area contributed by atoms with Crippen molar-refractivity contribution in [2.24, 2.45) is 0 Å². The van der Waals surface area contributed by atoms with Crippen LogP contribution in [-0.4, -0.2) is 19.2 Å². The van der Waals surface area contributed by atoms with Gasteiger partial charge < -0.3 is 0 Å². The summed E-state index contributed by atoms with van der Waals surface area (Å²) in [5.41, 5.74) is 2.21. The van der Waals surface area contributed by atoms with Crippen LogP contribution in [0.2, 0.25) is 10.0 Å². The van der Waals surface area contributed by atoms with Gasteiger partial charge in [-0.2, -0.15) is 0 Å². The predicted molar refractivity (Wildman–Crippen MR) is 115 cm³/mol. The molecule has 0 aliphatic rings. The average Bonchev–Trinajstić information content (AvgIpc) is 2.68. The summed E-state index contributed by atoms with van der Waals surface area (Å²) in [5, 5.41) is 0.396. The van der Waals surface area contributed by atoms with E-state index < -0.39 is 10.0 Å². The molecular formula is C21H18Cl2N2O3S. The van der Waals surface area contributed by atoms with Gasteiger partial charge in [-0.25, -0.2) is 8.42 Å². The van der Waals surface area contributed by atoms with Gasteiger partial charge in [-0.05, 0) is 53.9 Å². The standard InChI is InChI=1S/C21H18Cl2N2O3S/c22-17-6-10-21(20(23)13-17)29(27,28)25-18-7-3-15(4-8-18)12-19(26)9-5-16-2-1-11-24-14-16/h1-4,6-8,10-11,13-14,25H,5,9,12H2. The molecule has 8 heteroatoms. The first-order chi connectivity index (χ1) is 13.8. The minimum absolute atomic E-state index is 0.0424. The Morgan fingerprint density at radius 1 is 1.00 bits per heavy atom. The van der Waals surface area contributed by atoms with Gasteiger partial charge in [-0.3, -0.25) is 14.5 Å². The van der Waals surface area contributed by atoms with E-state index in [0.29, 0.717) is 23.6 Å². The number of aryl methyl sites for hydroxylation is 1. The molecule has 0 aliphatic heterocycles. The maximum absolute atomic E-state index is 12.5. The van der Waals surface area contributed by atoms with Crippen molar-refractivity contribution in [3.63, 3.8) is 0 Å². The van der Waals surface area contributed by atoms with Crippen LogP contribution in [0.25, 0.3) is 0 Å². The molecule has 0 fully saturated rings. The van der Waals surface area contributed by atoms with Crippen LogP contribution in [0.1, 0.15) is 17.5 Å². The number of nitrogens with zero attached hydrogens (tertiary/aromatic N) is 1. The van der Waals surface area contributed by atoms with Crippen LogP contribution in [-0.2, 0) is 27.7 Å². The SMILES string of the molecule is O=C(CCc1cccnc1)Cc1ccc(NS(=O)(=O)c2ccc(Cl)cc2Cl)cc1. The molecule has 0 radical (unpaired) electrons. The summed E-state index contributed by atoms with van der Waals surface area (Å²) in [7, 11) is -3.85. The van der Waals surface area contributed by atoms with Crippen molar-refractivity contribution in [1.29, 1.82) is 0 Å². The van der Waals surface area contributed by atoms with E-state index in [1.807, 2.05) is 12.1 Å². The largest absolute Gasteiger partial charge is 0.299 e. The minimum Gasteiger partial charge on any atom is -0.299 e. The number of Topliss-reactive ketones (excluding diaryl/α,β-unsaturated/α-hetero) is 1. The number of carbonyl (C=O) groups excluding carboxylic acids is 1. The smallest absolute Gasteiger partial charge is 0.263 e. The van der Waals surface area contributed by atoms with Crippen LogP contribution >= 0.6 is 23.2 Å². The highest BCUT2D eigenvalue weighted by atomic mass is 35.5. The zero-order valence-electron chi connectivity index (χ0n) is 15.3. The van der Waals surface area contributed by atoms with Crippen LogP contribution in [0.3, 0.4) is 0 Å². The molecule has 1 aromatic heterocycles. The number of sulfonamides is 1. The van der Waals surface area contributed by atoms with E-state index in [4.69, 9.17) is 23.2 Å². The molecule has 1 heterocycles. The van der Waals surface area contributed by atoms with Crippen molar-refractivity contribution in [3.05, 3.63) is 88.2 Å². The van der Waals surface area contributed by atoms with Crippen molar-refractivity contribution in [2.45, 2.75) is 24.2 Å². The van der Waals surface area contributed by atoms with Gasteiger partial charge >= 0.3 is 0 Å². The lowest BCUT2D eigenvalue weighted by atomic mass is 10.0. The molecule has 0 amide bonds. The van der Waals surface area contributed by atoms with E-state index in [2.05, 4.69) is 9.71 Å². The van der Waals surface area contributed by atoms with Gasteiger partial charge in [-0.15, -0.1) is 0 Å². The summed E-state index contributed by atoms with van der Waals surface area (Å²) in [6.45, 7) is 0. The summed E-state index contributed by atoms with van der Waals surface area (Å²) >= 11 is 11.8. The minimum atomic E-state index is -3.85. The van der Waals surface area contributed by atoms with Gasteiger partial charge in [0.25, 0.3) is 10.0 Å². The Kier molecular flexibility index (Phi) is 6.90. The van der Waals surface area contributed by atoms with Crippen molar-refractivity contribution < 1.29 is 13.2 Å². The Morgan fingerprint density at radius 2 is 1.76 bits per heavy atom. The molecule has 0 bridgehead atoms. The van der Waals surface area contributed by atoms with Crippen molar-refractivity contribution in [3.8, 4) is 0 Å². The third-order valence-corrected chi connectivity index (χ3v) is 6.31. The normalized spacial score (nSPS) is 11.2. The van der Waals surface area contributed by atoms with Crippen molar-refractivity contribution >= 4 is 44.7 Å². The molecule has 0 unspecified atom stereocenters. The number of hydrogen-bond acceptors (Lipinski definition) is 4. The Labute approximate surface area is 179 Å². The van der Waals surface area contributed by atoms with E-state index in [9.17, 15) is 13.2 Å². The lowest BCUT2D eigenvalue weighted by Gasteiger charge is -2.10. The Hall–Kier alpha value is -2.41. The Balaban J connectivity index is 1.60. The number of nitrogens with one attached hydrogen (secondary N) is 1. The highest BCUT2D eigenvalue weighted by Gasteiger charge is 2.18. The quantitative estimate of drug-likeness (QED) is 0.529. The number of benzene rings is 2. The van der Waals surface area contributed by atoms with E-state index in [0.717, 1.165) is 11.1 Å². The summed E-state index contributed by atoms with van der Waals surface area (Å²) in [6.07, 6.45) is 4.81. The monoisotopic (exact) mass is 448 g/mol. The number of rotatable bonds is 8. The summed E-state index contributed by atoms with van der Waals surface area (Å²) < 4.78 is 27.5. The fourth-order valence-corrected chi connectivity index (χ4v) is 4.57. The molecule has 2 aromatic carbocycles.